The Labute approximate surface area is 84.6 Å². The lowest BCUT2D eigenvalue weighted by molar-refractivity contribution is -0.121. The molecule has 1 atom stereocenters. The molecule has 78 valence electrons. The number of ketones is 1. The van der Waals surface area contributed by atoms with E-state index < -0.39 is 8.25 Å². The van der Waals surface area contributed by atoms with Gasteiger partial charge in [0.2, 0.25) is 0 Å². The van der Waals surface area contributed by atoms with Gasteiger partial charge >= 0.3 is 8.25 Å². The highest BCUT2D eigenvalue weighted by molar-refractivity contribution is 7.32. The topological polar surface area (TPSA) is 63.6 Å². The summed E-state index contributed by atoms with van der Waals surface area (Å²) in [7, 11) is -2.66. The van der Waals surface area contributed by atoms with Gasteiger partial charge in [-0.05, 0) is 6.42 Å². The molecule has 0 aliphatic rings. The van der Waals surface area contributed by atoms with Crippen LogP contribution >= 0.6 is 8.25 Å². The monoisotopic (exact) mass is 217 g/mol. The van der Waals surface area contributed by atoms with Gasteiger partial charge in [-0.1, -0.05) is 6.92 Å². The molecular weight excluding hydrogens is 203 g/mol. The molecule has 1 N–H and O–H groups in total. The zero-order chi connectivity index (χ0) is 10.8. The van der Waals surface area contributed by atoms with Gasteiger partial charge in [-0.2, -0.15) is 0 Å². The fourth-order valence-corrected chi connectivity index (χ4v) is 0.958. The predicted octanol–water partition coefficient (Wildman–Crippen LogP) is 1.81. The molecule has 0 aromatic carbocycles. The smallest absolute Gasteiger partial charge is 0.297 e. The number of hydrogen-bond acceptors (Lipinski definition) is 3. The zero-order valence-electron chi connectivity index (χ0n) is 8.15. The van der Waals surface area contributed by atoms with E-state index in [-0.39, 0.29) is 18.8 Å². The molecule has 0 spiro atoms. The molecule has 0 bridgehead atoms. The molecule has 5 heteroatoms. The van der Waals surface area contributed by atoms with Crippen LogP contribution < -0.4 is 0 Å². The second kappa shape index (κ2) is 8.83. The minimum atomic E-state index is -2.66. The minimum Gasteiger partial charge on any atom is -0.297 e. The van der Waals surface area contributed by atoms with Crippen molar-refractivity contribution < 1.29 is 18.8 Å². The van der Waals surface area contributed by atoms with Gasteiger partial charge in [-0.15, -0.1) is 21.3 Å². The van der Waals surface area contributed by atoms with Crippen LogP contribution in [0.4, 0.5) is 0 Å². The summed E-state index contributed by atoms with van der Waals surface area (Å²) in [5.74, 6) is 5.55. The SMILES string of the molecule is CCCC#CCCC(=O)CO[P+](=O)O. The summed E-state index contributed by atoms with van der Waals surface area (Å²) in [6.45, 7) is 1.73. The Bertz CT molecular complexity index is 251. The first-order valence-corrected chi connectivity index (χ1v) is 5.56. The molecule has 0 saturated heterocycles. The molecule has 0 heterocycles. The first kappa shape index (κ1) is 13.2. The van der Waals surface area contributed by atoms with E-state index in [1.54, 1.807) is 0 Å². The highest BCUT2D eigenvalue weighted by Crippen LogP contribution is 2.13. The predicted molar refractivity (Wildman–Crippen MR) is 52.7 cm³/mol. The lowest BCUT2D eigenvalue weighted by Crippen LogP contribution is -2.04. The van der Waals surface area contributed by atoms with E-state index in [0.29, 0.717) is 6.42 Å². The van der Waals surface area contributed by atoms with Crippen LogP contribution in [-0.4, -0.2) is 17.3 Å². The van der Waals surface area contributed by atoms with Crippen LogP contribution in [0.5, 0.6) is 0 Å². The molecule has 0 rings (SSSR count). The third-order valence-electron chi connectivity index (χ3n) is 1.36. The molecule has 0 amide bonds. The van der Waals surface area contributed by atoms with E-state index in [2.05, 4.69) is 16.4 Å². The average Bonchev–Trinajstić information content (AvgIpc) is 2.14. The van der Waals surface area contributed by atoms with Gasteiger partial charge in [0.1, 0.15) is 0 Å². The number of hydrogen-bond donors (Lipinski definition) is 1. The summed E-state index contributed by atoms with van der Waals surface area (Å²) in [5, 5.41) is 0. The van der Waals surface area contributed by atoms with Gasteiger partial charge in [0.05, 0.1) is 0 Å². The normalized spacial score (nSPS) is 10.3. The molecular formula is C9H14O4P+. The van der Waals surface area contributed by atoms with Gasteiger partial charge in [-0.25, -0.2) is 0 Å². The summed E-state index contributed by atoms with van der Waals surface area (Å²) >= 11 is 0. The van der Waals surface area contributed by atoms with Crippen molar-refractivity contribution in [3.63, 3.8) is 0 Å². The second-order valence-electron chi connectivity index (χ2n) is 2.65. The van der Waals surface area contributed by atoms with Crippen LogP contribution in [0, 0.1) is 11.8 Å². The largest absolute Gasteiger partial charge is 0.695 e. The van der Waals surface area contributed by atoms with Crippen molar-refractivity contribution in [3.05, 3.63) is 0 Å². The maximum absolute atomic E-state index is 10.9. The van der Waals surface area contributed by atoms with E-state index in [4.69, 9.17) is 4.89 Å². The fraction of sp³-hybridized carbons (Fsp3) is 0.667. The van der Waals surface area contributed by atoms with Crippen molar-refractivity contribution in [2.75, 3.05) is 6.61 Å². The molecule has 1 unspecified atom stereocenters. The van der Waals surface area contributed by atoms with Crippen molar-refractivity contribution in [3.8, 4) is 11.8 Å². The highest BCUT2D eigenvalue weighted by atomic mass is 31.1. The number of rotatable bonds is 6. The van der Waals surface area contributed by atoms with Crippen LogP contribution in [0.2, 0.25) is 0 Å². The Morgan fingerprint density at radius 2 is 2.07 bits per heavy atom. The lowest BCUT2D eigenvalue weighted by atomic mass is 10.2. The molecule has 14 heavy (non-hydrogen) atoms. The van der Waals surface area contributed by atoms with Gasteiger partial charge < -0.3 is 0 Å². The van der Waals surface area contributed by atoms with Gasteiger partial charge in [0, 0.05) is 23.8 Å². The zero-order valence-corrected chi connectivity index (χ0v) is 9.05. The Kier molecular flexibility index (Phi) is 8.36. The van der Waals surface area contributed by atoms with Crippen molar-refractivity contribution >= 4 is 14.0 Å². The number of carbonyl (C=O) groups is 1. The molecule has 0 aromatic heterocycles. The summed E-state index contributed by atoms with van der Waals surface area (Å²) in [5.41, 5.74) is 0. The maximum Gasteiger partial charge on any atom is 0.695 e. The van der Waals surface area contributed by atoms with Crippen LogP contribution in [0.3, 0.4) is 0 Å². The van der Waals surface area contributed by atoms with Crippen LogP contribution in [0.25, 0.3) is 0 Å². The second-order valence-corrected chi connectivity index (χ2v) is 3.39. The molecule has 0 aliphatic carbocycles. The quantitative estimate of drug-likeness (QED) is 0.544. The van der Waals surface area contributed by atoms with Gasteiger partial charge in [-0.3, -0.25) is 4.79 Å². The minimum absolute atomic E-state index is 0.201. The maximum atomic E-state index is 10.9. The number of unbranched alkanes of at least 4 members (excludes halogenated alkanes) is 1. The van der Waals surface area contributed by atoms with Gasteiger partial charge in [0.15, 0.2) is 12.4 Å². The van der Waals surface area contributed by atoms with Crippen LogP contribution in [-0.2, 0) is 13.9 Å². The van der Waals surface area contributed by atoms with E-state index in [0.717, 1.165) is 12.8 Å². The molecule has 0 fully saturated rings. The molecule has 0 aromatic rings. The van der Waals surface area contributed by atoms with Crippen molar-refractivity contribution in [2.24, 2.45) is 0 Å². The Balaban J connectivity index is 3.46. The van der Waals surface area contributed by atoms with Gasteiger partial charge in [0.25, 0.3) is 0 Å². The fourth-order valence-electron chi connectivity index (χ4n) is 0.703. The van der Waals surface area contributed by atoms with Crippen molar-refractivity contribution in [1.82, 2.24) is 0 Å². The first-order valence-electron chi connectivity index (χ1n) is 4.43. The van der Waals surface area contributed by atoms with E-state index in [9.17, 15) is 9.36 Å². The molecule has 0 radical (unpaired) electrons. The lowest BCUT2D eigenvalue weighted by Gasteiger charge is -1.89. The average molecular weight is 217 g/mol. The Morgan fingerprint density at radius 1 is 1.43 bits per heavy atom. The summed E-state index contributed by atoms with van der Waals surface area (Å²) in [4.78, 5) is 19.2. The standard InChI is InChI=1S/C9H13O4P/c1-2-3-4-5-6-7-9(10)8-13-14(11)12/h2-3,6-8H2,1H3/p+1. The summed E-state index contributed by atoms with van der Waals surface area (Å²) in [6.07, 6.45) is 2.62. The van der Waals surface area contributed by atoms with Crippen molar-refractivity contribution in [1.29, 1.82) is 0 Å². The third-order valence-corrected chi connectivity index (χ3v) is 1.71. The molecule has 0 saturated carbocycles. The third kappa shape index (κ3) is 9.34. The van der Waals surface area contributed by atoms with Crippen LogP contribution in [0.15, 0.2) is 0 Å². The van der Waals surface area contributed by atoms with Crippen LogP contribution in [0.1, 0.15) is 32.6 Å². The molecule has 0 aliphatic heterocycles. The first-order chi connectivity index (χ1) is 6.66. The summed E-state index contributed by atoms with van der Waals surface area (Å²) in [6, 6.07) is 0. The van der Waals surface area contributed by atoms with E-state index in [1.807, 2.05) is 6.92 Å². The highest BCUT2D eigenvalue weighted by Gasteiger charge is 2.14. The molecule has 4 nitrogen and oxygen atoms in total. The number of Topliss-reactive ketones (excluding diaryl/α,β-unsaturated/α-hetero) is 1. The van der Waals surface area contributed by atoms with E-state index >= 15 is 0 Å². The summed E-state index contributed by atoms with van der Waals surface area (Å²) < 4.78 is 14.3. The number of carbonyl (C=O) groups excluding carboxylic acids is 1. The Morgan fingerprint density at radius 3 is 2.64 bits per heavy atom. The Hall–Kier alpha value is -0.750. The van der Waals surface area contributed by atoms with E-state index in [1.165, 1.54) is 0 Å². The van der Waals surface area contributed by atoms with Crippen molar-refractivity contribution in [2.45, 2.75) is 32.6 Å².